The molecule has 1 amide bonds. The van der Waals surface area contributed by atoms with Crippen molar-refractivity contribution in [3.05, 3.63) is 29.6 Å². The predicted molar refractivity (Wildman–Crippen MR) is 74.2 cm³/mol. The predicted octanol–water partition coefficient (Wildman–Crippen LogP) is 0.641. The van der Waals surface area contributed by atoms with Crippen LogP contribution in [-0.4, -0.2) is 35.4 Å². The molecule has 2 heterocycles. The Morgan fingerprint density at radius 2 is 2.42 bits per heavy atom. The Morgan fingerprint density at radius 3 is 3.16 bits per heavy atom. The number of rotatable bonds is 4. The molecule has 2 rings (SSSR count). The minimum atomic E-state index is -0.0235. The van der Waals surface area contributed by atoms with E-state index >= 15 is 0 Å². The standard InChI is InChI=1S/C14H22N4O/c1-16-14(19)13-6-2-3-8-18(13)10-11-5-4-7-17-12(11)9-15/h4-5,7,13H,2-3,6,8-10,15H2,1H3,(H,16,19). The number of hydrogen-bond acceptors (Lipinski definition) is 4. The first-order valence-electron chi connectivity index (χ1n) is 6.84. The van der Waals surface area contributed by atoms with E-state index in [1.807, 2.05) is 12.1 Å². The Balaban J connectivity index is 2.13. The monoisotopic (exact) mass is 262 g/mol. The van der Waals surface area contributed by atoms with E-state index in [1.165, 1.54) is 0 Å². The Morgan fingerprint density at radius 1 is 1.58 bits per heavy atom. The van der Waals surface area contributed by atoms with Gasteiger partial charge in [-0.3, -0.25) is 14.7 Å². The van der Waals surface area contributed by atoms with Crippen LogP contribution in [0.5, 0.6) is 0 Å². The van der Waals surface area contributed by atoms with E-state index in [4.69, 9.17) is 5.73 Å². The van der Waals surface area contributed by atoms with Crippen molar-refractivity contribution in [2.75, 3.05) is 13.6 Å². The Kier molecular flexibility index (Phi) is 4.87. The van der Waals surface area contributed by atoms with E-state index in [0.717, 1.165) is 43.6 Å². The molecule has 19 heavy (non-hydrogen) atoms. The molecule has 0 spiro atoms. The molecule has 104 valence electrons. The highest BCUT2D eigenvalue weighted by molar-refractivity contribution is 5.81. The SMILES string of the molecule is CNC(=O)C1CCCCN1Cc1cccnc1CN. The summed E-state index contributed by atoms with van der Waals surface area (Å²) in [5.74, 6) is 0.109. The molecule has 0 aromatic carbocycles. The van der Waals surface area contributed by atoms with Gasteiger partial charge in [0, 0.05) is 26.3 Å². The number of pyridine rings is 1. The van der Waals surface area contributed by atoms with E-state index in [1.54, 1.807) is 13.2 Å². The van der Waals surface area contributed by atoms with E-state index in [0.29, 0.717) is 6.54 Å². The summed E-state index contributed by atoms with van der Waals surface area (Å²) in [4.78, 5) is 18.5. The number of nitrogens with one attached hydrogen (secondary N) is 1. The van der Waals surface area contributed by atoms with Crippen LogP contribution >= 0.6 is 0 Å². The number of carbonyl (C=O) groups is 1. The van der Waals surface area contributed by atoms with Crippen LogP contribution < -0.4 is 11.1 Å². The number of likely N-dealkylation sites (tertiary alicyclic amines) is 1. The fourth-order valence-corrected chi connectivity index (χ4v) is 2.66. The smallest absolute Gasteiger partial charge is 0.237 e. The first-order valence-corrected chi connectivity index (χ1v) is 6.84. The molecule has 3 N–H and O–H groups in total. The van der Waals surface area contributed by atoms with Crippen molar-refractivity contribution < 1.29 is 4.79 Å². The molecule has 1 aromatic rings. The first kappa shape index (κ1) is 14.0. The lowest BCUT2D eigenvalue weighted by atomic mass is 10.00. The van der Waals surface area contributed by atoms with Crippen molar-refractivity contribution in [2.24, 2.45) is 5.73 Å². The molecule has 1 atom stereocenters. The van der Waals surface area contributed by atoms with Crippen LogP contribution in [0.2, 0.25) is 0 Å². The Labute approximate surface area is 114 Å². The number of hydrogen-bond donors (Lipinski definition) is 2. The summed E-state index contributed by atoms with van der Waals surface area (Å²) in [6.45, 7) is 2.14. The molecule has 1 aliphatic rings. The van der Waals surface area contributed by atoms with Gasteiger partial charge in [0.25, 0.3) is 0 Å². The molecule has 0 radical (unpaired) electrons. The lowest BCUT2D eigenvalue weighted by molar-refractivity contribution is -0.127. The summed E-state index contributed by atoms with van der Waals surface area (Å²) in [6.07, 6.45) is 4.95. The zero-order valence-corrected chi connectivity index (χ0v) is 11.4. The quantitative estimate of drug-likeness (QED) is 0.835. The lowest BCUT2D eigenvalue weighted by Gasteiger charge is -2.34. The largest absolute Gasteiger partial charge is 0.358 e. The first-order chi connectivity index (χ1) is 9.26. The second-order valence-electron chi connectivity index (χ2n) is 4.91. The molecule has 1 unspecified atom stereocenters. The average Bonchev–Trinajstić information content (AvgIpc) is 2.47. The van der Waals surface area contributed by atoms with E-state index in [-0.39, 0.29) is 11.9 Å². The summed E-state index contributed by atoms with van der Waals surface area (Å²) < 4.78 is 0. The van der Waals surface area contributed by atoms with Gasteiger partial charge in [-0.2, -0.15) is 0 Å². The minimum Gasteiger partial charge on any atom is -0.358 e. The molecule has 5 heteroatoms. The normalized spacial score (nSPS) is 20.2. The lowest BCUT2D eigenvalue weighted by Crippen LogP contribution is -2.48. The highest BCUT2D eigenvalue weighted by atomic mass is 16.2. The average molecular weight is 262 g/mol. The van der Waals surface area contributed by atoms with Gasteiger partial charge in [0.2, 0.25) is 5.91 Å². The van der Waals surface area contributed by atoms with Gasteiger partial charge in [-0.15, -0.1) is 0 Å². The molecule has 1 aliphatic heterocycles. The number of piperidine rings is 1. The molecular weight excluding hydrogens is 240 g/mol. The second-order valence-corrected chi connectivity index (χ2v) is 4.91. The number of amides is 1. The van der Waals surface area contributed by atoms with Crippen LogP contribution in [0.1, 0.15) is 30.5 Å². The van der Waals surface area contributed by atoms with Crippen LogP contribution in [-0.2, 0) is 17.9 Å². The highest BCUT2D eigenvalue weighted by Gasteiger charge is 2.28. The fraction of sp³-hybridized carbons (Fsp3) is 0.571. The maximum atomic E-state index is 11.9. The van der Waals surface area contributed by atoms with Gasteiger partial charge in [0.1, 0.15) is 0 Å². The number of aromatic nitrogens is 1. The highest BCUT2D eigenvalue weighted by Crippen LogP contribution is 2.20. The van der Waals surface area contributed by atoms with Crippen LogP contribution in [0.3, 0.4) is 0 Å². The maximum Gasteiger partial charge on any atom is 0.237 e. The van der Waals surface area contributed by atoms with Gasteiger partial charge in [0.15, 0.2) is 0 Å². The topological polar surface area (TPSA) is 71.2 Å². The zero-order valence-electron chi connectivity index (χ0n) is 11.4. The van der Waals surface area contributed by atoms with Gasteiger partial charge in [-0.05, 0) is 31.0 Å². The van der Waals surface area contributed by atoms with Crippen molar-refractivity contribution in [3.63, 3.8) is 0 Å². The van der Waals surface area contributed by atoms with Crippen molar-refractivity contribution in [2.45, 2.75) is 38.4 Å². The molecule has 0 saturated carbocycles. The molecule has 0 aliphatic carbocycles. The van der Waals surface area contributed by atoms with Crippen LogP contribution in [0.25, 0.3) is 0 Å². The molecule has 1 saturated heterocycles. The van der Waals surface area contributed by atoms with Crippen LogP contribution in [0.15, 0.2) is 18.3 Å². The van der Waals surface area contributed by atoms with E-state index in [9.17, 15) is 4.79 Å². The second kappa shape index (κ2) is 6.63. The Hall–Kier alpha value is -1.46. The van der Waals surface area contributed by atoms with Gasteiger partial charge in [-0.25, -0.2) is 0 Å². The Bertz CT molecular complexity index is 435. The minimum absolute atomic E-state index is 0.0235. The summed E-state index contributed by atoms with van der Waals surface area (Å²) in [7, 11) is 1.70. The van der Waals surface area contributed by atoms with Crippen molar-refractivity contribution >= 4 is 5.91 Å². The molecule has 1 fully saturated rings. The van der Waals surface area contributed by atoms with E-state index in [2.05, 4.69) is 15.2 Å². The van der Waals surface area contributed by atoms with Crippen LogP contribution in [0, 0.1) is 0 Å². The fourth-order valence-electron chi connectivity index (χ4n) is 2.66. The summed E-state index contributed by atoms with van der Waals surface area (Å²) >= 11 is 0. The molecule has 1 aromatic heterocycles. The molecular formula is C14H22N4O. The maximum absolute atomic E-state index is 11.9. The summed E-state index contributed by atoms with van der Waals surface area (Å²) in [6, 6.07) is 3.95. The number of nitrogens with two attached hydrogens (primary N) is 1. The zero-order chi connectivity index (χ0) is 13.7. The number of carbonyl (C=O) groups excluding carboxylic acids is 1. The third-order valence-electron chi connectivity index (χ3n) is 3.71. The van der Waals surface area contributed by atoms with Gasteiger partial charge in [-0.1, -0.05) is 12.5 Å². The molecule has 5 nitrogen and oxygen atoms in total. The summed E-state index contributed by atoms with van der Waals surface area (Å²) in [5, 5.41) is 2.76. The summed E-state index contributed by atoms with van der Waals surface area (Å²) in [5.41, 5.74) is 7.76. The van der Waals surface area contributed by atoms with Crippen molar-refractivity contribution in [1.82, 2.24) is 15.2 Å². The van der Waals surface area contributed by atoms with Crippen molar-refractivity contribution in [3.8, 4) is 0 Å². The van der Waals surface area contributed by atoms with Crippen molar-refractivity contribution in [1.29, 1.82) is 0 Å². The number of likely N-dealkylation sites (N-methyl/N-ethyl adjacent to an activating group) is 1. The third kappa shape index (κ3) is 3.30. The molecule has 0 bridgehead atoms. The van der Waals surface area contributed by atoms with E-state index < -0.39 is 0 Å². The van der Waals surface area contributed by atoms with Gasteiger partial charge >= 0.3 is 0 Å². The third-order valence-corrected chi connectivity index (χ3v) is 3.71. The van der Waals surface area contributed by atoms with Gasteiger partial charge in [0.05, 0.1) is 11.7 Å². The van der Waals surface area contributed by atoms with Gasteiger partial charge < -0.3 is 11.1 Å². The van der Waals surface area contributed by atoms with Crippen LogP contribution in [0.4, 0.5) is 0 Å². The number of nitrogens with zero attached hydrogens (tertiary/aromatic N) is 2.